The smallest absolute Gasteiger partial charge is 0.305 e. The van der Waals surface area contributed by atoms with Crippen molar-refractivity contribution in [3.63, 3.8) is 0 Å². The van der Waals surface area contributed by atoms with Crippen molar-refractivity contribution in [2.45, 2.75) is 398 Å². The summed E-state index contributed by atoms with van der Waals surface area (Å²) in [6, 6.07) is -0.538. The van der Waals surface area contributed by atoms with E-state index < -0.39 is 12.1 Å². The number of unbranched alkanes of at least 4 members (excludes halogenated alkanes) is 49. The van der Waals surface area contributed by atoms with Crippen molar-refractivity contribution in [2.24, 2.45) is 0 Å². The highest BCUT2D eigenvalue weighted by atomic mass is 16.5. The molecule has 0 aliphatic carbocycles. The van der Waals surface area contributed by atoms with Crippen LogP contribution in [0.5, 0.6) is 0 Å². The second-order valence-corrected chi connectivity index (χ2v) is 24.2. The maximum atomic E-state index is 12.4. The Kier molecular flexibility index (Phi) is 65.9. The van der Waals surface area contributed by atoms with Crippen molar-refractivity contribution in [3.05, 3.63) is 36.5 Å². The van der Waals surface area contributed by atoms with Gasteiger partial charge in [-0.3, -0.25) is 9.59 Å². The number of carbonyl (C=O) groups is 2. The summed E-state index contributed by atoms with van der Waals surface area (Å²) in [5.41, 5.74) is 0. The third kappa shape index (κ3) is 63.3. The largest absolute Gasteiger partial charge is 0.466 e. The lowest BCUT2D eigenvalue weighted by molar-refractivity contribution is -0.143. The van der Waals surface area contributed by atoms with Crippen LogP contribution in [0.1, 0.15) is 386 Å². The van der Waals surface area contributed by atoms with E-state index in [1.165, 1.54) is 302 Å². The molecule has 6 heteroatoms. The van der Waals surface area contributed by atoms with Crippen LogP contribution in [0.4, 0.5) is 0 Å². The number of hydrogen-bond donors (Lipinski definition) is 3. The lowest BCUT2D eigenvalue weighted by Gasteiger charge is -2.22. The Labute approximate surface area is 487 Å². The molecular formula is C72H137NO5. The molecule has 0 heterocycles. The number of nitrogens with one attached hydrogen (secondary N) is 1. The van der Waals surface area contributed by atoms with Crippen LogP contribution in [0.15, 0.2) is 36.5 Å². The minimum atomic E-state index is -0.660. The van der Waals surface area contributed by atoms with E-state index in [0.29, 0.717) is 25.9 Å². The average Bonchev–Trinajstić information content (AvgIpc) is 3.44. The Bertz CT molecular complexity index is 1260. The van der Waals surface area contributed by atoms with E-state index >= 15 is 0 Å². The molecule has 0 aliphatic rings. The molecule has 78 heavy (non-hydrogen) atoms. The topological polar surface area (TPSA) is 95.9 Å². The van der Waals surface area contributed by atoms with Gasteiger partial charge < -0.3 is 20.3 Å². The summed E-state index contributed by atoms with van der Waals surface area (Å²) in [6.07, 6.45) is 86.4. The normalized spacial score (nSPS) is 12.7. The van der Waals surface area contributed by atoms with E-state index in [4.69, 9.17) is 4.74 Å². The van der Waals surface area contributed by atoms with E-state index in [9.17, 15) is 19.8 Å². The maximum Gasteiger partial charge on any atom is 0.305 e. The number of rotatable bonds is 66. The fraction of sp³-hybridized carbons (Fsp3) is 0.889. The van der Waals surface area contributed by atoms with Crippen molar-refractivity contribution in [2.75, 3.05) is 13.2 Å². The zero-order chi connectivity index (χ0) is 56.4. The molecule has 0 spiro atoms. The minimum Gasteiger partial charge on any atom is -0.466 e. The Hall–Kier alpha value is -1.92. The van der Waals surface area contributed by atoms with Gasteiger partial charge in [0.2, 0.25) is 5.91 Å². The summed E-state index contributed by atoms with van der Waals surface area (Å²) < 4.78 is 5.51. The molecule has 3 N–H and O–H groups in total. The number of amides is 1. The molecule has 2 unspecified atom stereocenters. The van der Waals surface area contributed by atoms with Crippen LogP contribution in [0, 0.1) is 0 Å². The van der Waals surface area contributed by atoms with Gasteiger partial charge in [-0.15, -0.1) is 0 Å². The van der Waals surface area contributed by atoms with Crippen LogP contribution in [-0.2, 0) is 14.3 Å². The molecule has 6 nitrogen and oxygen atoms in total. The molecule has 0 aliphatic heterocycles. The van der Waals surface area contributed by atoms with Crippen LogP contribution >= 0.6 is 0 Å². The summed E-state index contributed by atoms with van der Waals surface area (Å²) in [7, 11) is 0. The van der Waals surface area contributed by atoms with Crippen molar-refractivity contribution in [3.8, 4) is 0 Å². The molecule has 2 atom stereocenters. The SMILES string of the molecule is CCCCC/C=C\C/C=C\CCCCCCCCCCCC(=O)OCCCCCCCCCCCCCC/C=C\CCCCCCCCCCCCCCCCCCC(=O)NC(CO)C(O)CCCCCCCCCCCC. The van der Waals surface area contributed by atoms with E-state index in [2.05, 4.69) is 55.6 Å². The standard InChI is InChI=1S/C72H137NO5/c1-3-5-7-9-11-13-15-16-17-18-33-37-40-43-46-50-54-58-62-66-72(77)78-67-63-59-55-51-47-44-41-38-35-32-30-28-26-24-22-20-19-21-23-25-27-29-31-34-36-39-42-45-49-53-57-61-65-71(76)73-69(68-74)70(75)64-60-56-52-48-14-12-10-8-6-4-2/h11,13,16-17,22,24,69-70,74-75H,3-10,12,14-15,18-21,23,25-68H2,1-2H3,(H,73,76)/b13-11-,17-16-,24-22-. The first-order valence-corrected chi connectivity index (χ1v) is 35.2. The van der Waals surface area contributed by atoms with Gasteiger partial charge in [0.05, 0.1) is 25.4 Å². The quantitative estimate of drug-likeness (QED) is 0.0320. The van der Waals surface area contributed by atoms with E-state index in [1.807, 2.05) is 0 Å². The molecule has 1 amide bonds. The van der Waals surface area contributed by atoms with Gasteiger partial charge >= 0.3 is 5.97 Å². The molecule has 0 saturated carbocycles. The van der Waals surface area contributed by atoms with Gasteiger partial charge in [0.1, 0.15) is 0 Å². The van der Waals surface area contributed by atoms with Crippen molar-refractivity contribution >= 4 is 11.9 Å². The highest BCUT2D eigenvalue weighted by molar-refractivity contribution is 5.76. The molecule has 0 aromatic rings. The Balaban J connectivity index is 3.32. The van der Waals surface area contributed by atoms with Gasteiger partial charge in [0.15, 0.2) is 0 Å². The number of aliphatic hydroxyl groups is 2. The lowest BCUT2D eigenvalue weighted by Crippen LogP contribution is -2.45. The molecule has 0 bridgehead atoms. The molecular weight excluding hydrogens is 959 g/mol. The summed E-state index contributed by atoms with van der Waals surface area (Å²) in [4.78, 5) is 24.6. The fourth-order valence-corrected chi connectivity index (χ4v) is 11.0. The van der Waals surface area contributed by atoms with Gasteiger partial charge in [-0.05, 0) is 83.5 Å². The number of esters is 1. The molecule has 0 rings (SSSR count). The van der Waals surface area contributed by atoms with Crippen LogP contribution in [0.2, 0.25) is 0 Å². The first-order valence-electron chi connectivity index (χ1n) is 35.2. The zero-order valence-corrected chi connectivity index (χ0v) is 52.7. The summed E-state index contributed by atoms with van der Waals surface area (Å²) in [5, 5.41) is 23.2. The zero-order valence-electron chi connectivity index (χ0n) is 52.7. The summed E-state index contributed by atoms with van der Waals surface area (Å²) in [6.45, 7) is 4.94. The number of ether oxygens (including phenoxy) is 1. The lowest BCUT2D eigenvalue weighted by atomic mass is 10.0. The van der Waals surface area contributed by atoms with Gasteiger partial charge in [0.25, 0.3) is 0 Å². The summed E-state index contributed by atoms with van der Waals surface area (Å²) in [5.74, 6) is -0.0179. The monoisotopic (exact) mass is 1100 g/mol. The van der Waals surface area contributed by atoms with Gasteiger partial charge in [0, 0.05) is 12.8 Å². The number of allylic oxidation sites excluding steroid dienone is 6. The minimum absolute atomic E-state index is 0.0147. The van der Waals surface area contributed by atoms with E-state index in [0.717, 1.165) is 51.4 Å². The predicted molar refractivity (Wildman–Crippen MR) is 343 cm³/mol. The van der Waals surface area contributed by atoms with Crippen LogP contribution < -0.4 is 5.32 Å². The third-order valence-electron chi connectivity index (χ3n) is 16.4. The van der Waals surface area contributed by atoms with Crippen LogP contribution in [-0.4, -0.2) is 47.4 Å². The Morgan fingerprint density at radius 3 is 1.01 bits per heavy atom. The van der Waals surface area contributed by atoms with Crippen molar-refractivity contribution < 1.29 is 24.5 Å². The molecule has 460 valence electrons. The van der Waals surface area contributed by atoms with Crippen LogP contribution in [0.25, 0.3) is 0 Å². The summed E-state index contributed by atoms with van der Waals surface area (Å²) >= 11 is 0. The second kappa shape index (κ2) is 67.6. The van der Waals surface area contributed by atoms with Crippen molar-refractivity contribution in [1.82, 2.24) is 5.32 Å². The third-order valence-corrected chi connectivity index (χ3v) is 16.4. The molecule has 0 radical (unpaired) electrons. The molecule has 0 aromatic heterocycles. The number of aliphatic hydroxyl groups excluding tert-OH is 2. The highest BCUT2D eigenvalue weighted by Gasteiger charge is 2.20. The first-order chi connectivity index (χ1) is 38.5. The van der Waals surface area contributed by atoms with Gasteiger partial charge in [-0.25, -0.2) is 0 Å². The first kappa shape index (κ1) is 76.1. The number of hydrogen-bond acceptors (Lipinski definition) is 5. The molecule has 0 saturated heterocycles. The maximum absolute atomic E-state index is 12.4. The Morgan fingerprint density at radius 2 is 0.641 bits per heavy atom. The van der Waals surface area contributed by atoms with E-state index in [1.54, 1.807) is 0 Å². The molecule has 0 fully saturated rings. The Morgan fingerprint density at radius 1 is 0.359 bits per heavy atom. The van der Waals surface area contributed by atoms with Gasteiger partial charge in [-0.2, -0.15) is 0 Å². The number of carbonyl (C=O) groups excluding carboxylic acids is 2. The van der Waals surface area contributed by atoms with Crippen LogP contribution in [0.3, 0.4) is 0 Å². The molecule has 0 aromatic carbocycles. The highest BCUT2D eigenvalue weighted by Crippen LogP contribution is 2.18. The van der Waals surface area contributed by atoms with Gasteiger partial charge in [-0.1, -0.05) is 326 Å². The average molecular weight is 1100 g/mol. The van der Waals surface area contributed by atoms with Crippen molar-refractivity contribution in [1.29, 1.82) is 0 Å². The predicted octanol–water partition coefficient (Wildman–Crippen LogP) is 22.7. The second-order valence-electron chi connectivity index (χ2n) is 24.2. The van der Waals surface area contributed by atoms with E-state index in [-0.39, 0.29) is 18.5 Å². The fourth-order valence-electron chi connectivity index (χ4n) is 11.0.